The summed E-state index contributed by atoms with van der Waals surface area (Å²) in [6, 6.07) is 1.97. The van der Waals surface area contributed by atoms with Gasteiger partial charge in [0, 0.05) is 0 Å². The Morgan fingerprint density at radius 3 is 2.29 bits per heavy atom. The molecule has 1 unspecified atom stereocenters. The summed E-state index contributed by atoms with van der Waals surface area (Å²) in [5.41, 5.74) is -1.44. The lowest BCUT2D eigenvalue weighted by atomic mass is 10.0. The van der Waals surface area contributed by atoms with E-state index in [4.69, 9.17) is 5.11 Å². The van der Waals surface area contributed by atoms with Crippen LogP contribution in [0.3, 0.4) is 0 Å². The lowest BCUT2D eigenvalue weighted by molar-refractivity contribution is 0.0693. The maximum Gasteiger partial charge on any atom is 0.339 e. The van der Waals surface area contributed by atoms with E-state index in [0.717, 1.165) is 12.1 Å². The lowest BCUT2D eigenvalue weighted by Crippen LogP contribution is -2.50. The van der Waals surface area contributed by atoms with E-state index in [1.54, 1.807) is 0 Å². The average molecular weight is 317 g/mol. The largest absolute Gasteiger partial charge is 0.507 e. The zero-order chi connectivity index (χ0) is 16.6. The fraction of sp³-hybridized carbons (Fsp3) is 0.462. The van der Waals surface area contributed by atoms with E-state index >= 15 is 0 Å². The first-order valence-electron chi connectivity index (χ1n) is 6.17. The van der Waals surface area contributed by atoms with Crippen molar-refractivity contribution in [1.82, 2.24) is 4.72 Å². The van der Waals surface area contributed by atoms with E-state index < -0.39 is 38.9 Å². The number of aromatic carboxylic acids is 1. The van der Waals surface area contributed by atoms with Gasteiger partial charge in [-0.15, -0.1) is 0 Å². The minimum atomic E-state index is -4.05. The number of sulfonamides is 1. The molecule has 0 aliphatic carbocycles. The van der Waals surface area contributed by atoms with Gasteiger partial charge in [-0.3, -0.25) is 0 Å². The number of hydrogen-bond donors (Lipinski definition) is 4. The molecule has 7 nitrogen and oxygen atoms in total. The van der Waals surface area contributed by atoms with Crippen molar-refractivity contribution in [1.29, 1.82) is 0 Å². The molecule has 8 heteroatoms. The fourth-order valence-corrected chi connectivity index (χ4v) is 3.35. The summed E-state index contributed by atoms with van der Waals surface area (Å²) >= 11 is 0. The number of hydrogen-bond acceptors (Lipinski definition) is 5. The highest BCUT2D eigenvalue weighted by molar-refractivity contribution is 7.89. The second-order valence-corrected chi connectivity index (χ2v) is 7.09. The van der Waals surface area contributed by atoms with Gasteiger partial charge in [-0.25, -0.2) is 17.9 Å². The molecule has 0 fully saturated rings. The van der Waals surface area contributed by atoms with Crippen LogP contribution in [0.2, 0.25) is 0 Å². The van der Waals surface area contributed by atoms with Crippen LogP contribution in [0.5, 0.6) is 5.75 Å². The lowest BCUT2D eigenvalue weighted by Gasteiger charge is -2.29. The number of phenols is 1. The van der Waals surface area contributed by atoms with Crippen molar-refractivity contribution >= 4 is 16.0 Å². The van der Waals surface area contributed by atoms with Crippen molar-refractivity contribution in [3.8, 4) is 5.75 Å². The second kappa shape index (κ2) is 5.63. The minimum absolute atomic E-state index is 0.200. The van der Waals surface area contributed by atoms with Gasteiger partial charge in [-0.05, 0) is 45.4 Å². The Morgan fingerprint density at radius 2 is 1.86 bits per heavy atom. The van der Waals surface area contributed by atoms with Gasteiger partial charge in [-0.1, -0.05) is 0 Å². The Bertz CT molecular complexity index is 663. The third-order valence-electron chi connectivity index (χ3n) is 3.26. The van der Waals surface area contributed by atoms with Crippen LogP contribution >= 0.6 is 0 Å². The first-order chi connectivity index (χ1) is 9.38. The molecule has 118 valence electrons. The topological polar surface area (TPSA) is 124 Å². The van der Waals surface area contributed by atoms with Crippen molar-refractivity contribution in [3.63, 3.8) is 0 Å². The monoisotopic (exact) mass is 317 g/mol. The Labute approximate surface area is 123 Å². The maximum atomic E-state index is 12.4. The fourth-order valence-electron chi connectivity index (χ4n) is 1.62. The van der Waals surface area contributed by atoms with Gasteiger partial charge in [0.15, 0.2) is 0 Å². The van der Waals surface area contributed by atoms with Gasteiger partial charge in [0.1, 0.15) is 11.3 Å². The highest BCUT2D eigenvalue weighted by Crippen LogP contribution is 2.26. The van der Waals surface area contributed by atoms with E-state index in [-0.39, 0.29) is 10.5 Å². The zero-order valence-corrected chi connectivity index (χ0v) is 13.0. The molecule has 1 aromatic carbocycles. The Kier molecular flexibility index (Phi) is 4.66. The number of aromatic hydroxyl groups is 1. The number of nitrogens with one attached hydrogen (secondary N) is 1. The van der Waals surface area contributed by atoms with E-state index in [1.165, 1.54) is 27.7 Å². The Hall–Kier alpha value is -1.64. The molecule has 0 aliphatic rings. The standard InChI is InChI=1S/C13H19NO6S/c1-7-5-10(16)9(12(17)18)6-11(7)21(19,20)14-13(3,4)8(2)15/h5-6,8,14-16H,1-4H3,(H,17,18). The molecule has 0 radical (unpaired) electrons. The van der Waals surface area contributed by atoms with E-state index in [9.17, 15) is 23.4 Å². The Morgan fingerprint density at radius 1 is 1.33 bits per heavy atom. The molecular weight excluding hydrogens is 298 g/mol. The zero-order valence-electron chi connectivity index (χ0n) is 12.2. The molecule has 0 amide bonds. The molecule has 0 aliphatic heterocycles. The third-order valence-corrected chi connectivity index (χ3v) is 5.07. The second-order valence-electron chi connectivity index (χ2n) is 5.44. The third kappa shape index (κ3) is 3.72. The molecule has 0 aromatic heterocycles. The average Bonchev–Trinajstić information content (AvgIpc) is 2.25. The van der Waals surface area contributed by atoms with Crippen molar-refractivity contribution in [3.05, 3.63) is 23.3 Å². The van der Waals surface area contributed by atoms with Crippen LogP contribution in [-0.2, 0) is 10.0 Å². The van der Waals surface area contributed by atoms with Crippen LogP contribution in [0.1, 0.15) is 36.7 Å². The van der Waals surface area contributed by atoms with E-state index in [0.29, 0.717) is 0 Å². The molecule has 1 atom stereocenters. The van der Waals surface area contributed by atoms with Crippen molar-refractivity contribution < 1.29 is 28.5 Å². The number of aliphatic hydroxyl groups excluding tert-OH is 1. The number of rotatable bonds is 5. The summed E-state index contributed by atoms with van der Waals surface area (Å²) in [6.45, 7) is 5.89. The Balaban J connectivity index is 3.39. The van der Waals surface area contributed by atoms with Gasteiger partial charge in [0.05, 0.1) is 16.5 Å². The van der Waals surface area contributed by atoms with Gasteiger partial charge >= 0.3 is 5.97 Å². The van der Waals surface area contributed by atoms with Crippen LogP contribution in [0.4, 0.5) is 0 Å². The number of carboxylic acids is 1. The molecule has 0 saturated carbocycles. The first-order valence-corrected chi connectivity index (χ1v) is 7.66. The smallest absolute Gasteiger partial charge is 0.339 e. The number of aryl methyl sites for hydroxylation is 1. The molecule has 0 bridgehead atoms. The summed E-state index contributed by atoms with van der Waals surface area (Å²) in [5.74, 6) is -1.94. The van der Waals surface area contributed by atoms with E-state index in [2.05, 4.69) is 4.72 Å². The van der Waals surface area contributed by atoms with Gasteiger partial charge < -0.3 is 15.3 Å². The van der Waals surface area contributed by atoms with Crippen molar-refractivity contribution in [2.24, 2.45) is 0 Å². The quantitative estimate of drug-likeness (QED) is 0.638. The predicted molar refractivity (Wildman–Crippen MR) is 75.9 cm³/mol. The number of aliphatic hydroxyl groups is 1. The highest BCUT2D eigenvalue weighted by Gasteiger charge is 2.32. The maximum absolute atomic E-state index is 12.4. The molecule has 21 heavy (non-hydrogen) atoms. The highest BCUT2D eigenvalue weighted by atomic mass is 32.2. The molecule has 1 rings (SSSR count). The number of carbonyl (C=O) groups is 1. The predicted octanol–water partition coefficient (Wildman–Crippen LogP) is 0.837. The van der Waals surface area contributed by atoms with Crippen molar-refractivity contribution in [2.45, 2.75) is 44.2 Å². The number of carboxylic acid groups (broad SMARTS) is 1. The molecule has 4 N–H and O–H groups in total. The SMILES string of the molecule is Cc1cc(O)c(C(=O)O)cc1S(=O)(=O)NC(C)(C)C(C)O. The van der Waals surface area contributed by atoms with Crippen LogP contribution in [0.25, 0.3) is 0 Å². The summed E-state index contributed by atoms with van der Waals surface area (Å²) in [5, 5.41) is 28.1. The normalized spacial score (nSPS) is 14.0. The molecular formula is C13H19NO6S. The molecule has 0 saturated heterocycles. The van der Waals surface area contributed by atoms with Gasteiger partial charge in [0.2, 0.25) is 10.0 Å². The van der Waals surface area contributed by atoms with E-state index in [1.807, 2.05) is 0 Å². The van der Waals surface area contributed by atoms with Crippen LogP contribution in [0, 0.1) is 6.92 Å². The van der Waals surface area contributed by atoms with Crippen LogP contribution in [0.15, 0.2) is 17.0 Å². The van der Waals surface area contributed by atoms with Gasteiger partial charge in [-0.2, -0.15) is 0 Å². The van der Waals surface area contributed by atoms with Crippen LogP contribution < -0.4 is 4.72 Å². The van der Waals surface area contributed by atoms with Gasteiger partial charge in [0.25, 0.3) is 0 Å². The first kappa shape index (κ1) is 17.4. The summed E-state index contributed by atoms with van der Waals surface area (Å²) in [7, 11) is -4.05. The number of benzene rings is 1. The molecule has 0 spiro atoms. The molecule has 0 heterocycles. The molecule has 1 aromatic rings. The van der Waals surface area contributed by atoms with Crippen LogP contribution in [-0.4, -0.2) is 41.3 Å². The summed E-state index contributed by atoms with van der Waals surface area (Å²) < 4.78 is 27.0. The summed E-state index contributed by atoms with van der Waals surface area (Å²) in [6.07, 6.45) is -0.955. The minimum Gasteiger partial charge on any atom is -0.507 e. The van der Waals surface area contributed by atoms with Crippen molar-refractivity contribution in [2.75, 3.05) is 0 Å². The summed E-state index contributed by atoms with van der Waals surface area (Å²) in [4.78, 5) is 10.7.